The maximum atomic E-state index is 12.3. The van der Waals surface area contributed by atoms with Crippen molar-refractivity contribution in [2.75, 3.05) is 12.4 Å². The molecule has 1 heterocycles. The first kappa shape index (κ1) is 25.6. The summed E-state index contributed by atoms with van der Waals surface area (Å²) in [6.45, 7) is 3.42. The van der Waals surface area contributed by atoms with Crippen molar-refractivity contribution in [1.29, 1.82) is 0 Å². The number of amides is 2. The van der Waals surface area contributed by atoms with Gasteiger partial charge in [0.1, 0.15) is 23.4 Å². The minimum Gasteiger partial charge on any atom is -0.497 e. The normalized spacial score (nSPS) is 11.6. The average Bonchev–Trinajstić information content (AvgIpc) is 3.30. The molecule has 1 aromatic heterocycles. The van der Waals surface area contributed by atoms with Crippen molar-refractivity contribution in [2.45, 2.75) is 32.9 Å². The maximum absolute atomic E-state index is 12.3. The van der Waals surface area contributed by atoms with Gasteiger partial charge in [-0.25, -0.2) is 9.78 Å². The fourth-order valence-corrected chi connectivity index (χ4v) is 3.80. The summed E-state index contributed by atoms with van der Waals surface area (Å²) in [5.74, 6) is -0.444. The molecule has 0 aliphatic heterocycles. The molecule has 2 N–H and O–H groups in total. The van der Waals surface area contributed by atoms with Gasteiger partial charge in [0.2, 0.25) is 11.8 Å². The lowest BCUT2D eigenvalue weighted by Crippen LogP contribution is -2.38. The van der Waals surface area contributed by atoms with Crippen LogP contribution in [0, 0.1) is 6.92 Å². The maximum Gasteiger partial charge on any atom is 0.328 e. The van der Waals surface area contributed by atoms with Gasteiger partial charge in [0.15, 0.2) is 0 Å². The number of para-hydroxylation sites is 1. The van der Waals surface area contributed by atoms with Crippen LogP contribution in [0.15, 0.2) is 60.0 Å². The molecule has 0 saturated heterocycles. The SMILES string of the molecule is COc1ccc(/C=C/C(=O)NC(C)C(=O)OCc2csc(CC(=O)Nc3ccccc3C)n2)cc1. The van der Waals surface area contributed by atoms with Crippen LogP contribution in [0.2, 0.25) is 0 Å². The molecule has 9 heteroatoms. The van der Waals surface area contributed by atoms with Crippen molar-refractivity contribution < 1.29 is 23.9 Å². The Kier molecular flexibility index (Phi) is 9.14. The van der Waals surface area contributed by atoms with Crippen LogP contribution in [0.5, 0.6) is 5.75 Å². The molecular formula is C26H27N3O5S. The number of nitrogens with zero attached hydrogens (tertiary/aromatic N) is 1. The number of ether oxygens (including phenoxy) is 2. The molecule has 8 nitrogen and oxygen atoms in total. The number of hydrogen-bond donors (Lipinski definition) is 2. The molecule has 35 heavy (non-hydrogen) atoms. The first-order chi connectivity index (χ1) is 16.8. The first-order valence-corrected chi connectivity index (χ1v) is 11.8. The van der Waals surface area contributed by atoms with Gasteiger partial charge in [-0.15, -0.1) is 11.3 Å². The minimum absolute atomic E-state index is 0.0450. The van der Waals surface area contributed by atoms with Crippen molar-refractivity contribution in [1.82, 2.24) is 10.3 Å². The standard InChI is InChI=1S/C26H27N3O5S/c1-17-6-4-5-7-22(17)29-24(31)14-25-28-20(16-35-25)15-34-26(32)18(2)27-23(30)13-10-19-8-11-21(33-3)12-9-19/h4-13,16,18H,14-15H2,1-3H3,(H,27,30)(H,29,31)/b13-10+. The third kappa shape index (κ3) is 8.08. The quantitative estimate of drug-likeness (QED) is 0.328. The van der Waals surface area contributed by atoms with Gasteiger partial charge in [-0.3, -0.25) is 9.59 Å². The van der Waals surface area contributed by atoms with Crippen molar-refractivity contribution in [3.8, 4) is 5.75 Å². The second kappa shape index (κ2) is 12.5. The summed E-state index contributed by atoms with van der Waals surface area (Å²) in [5, 5.41) is 7.80. The molecule has 0 aliphatic rings. The smallest absolute Gasteiger partial charge is 0.328 e. The van der Waals surface area contributed by atoms with Crippen LogP contribution in [-0.2, 0) is 32.1 Å². The number of aryl methyl sites for hydroxylation is 1. The fourth-order valence-electron chi connectivity index (χ4n) is 3.02. The van der Waals surface area contributed by atoms with E-state index < -0.39 is 17.9 Å². The van der Waals surface area contributed by atoms with E-state index in [0.29, 0.717) is 10.7 Å². The van der Waals surface area contributed by atoms with E-state index in [1.165, 1.54) is 17.4 Å². The van der Waals surface area contributed by atoms with Crippen LogP contribution in [0.25, 0.3) is 6.08 Å². The molecule has 2 aromatic carbocycles. The van der Waals surface area contributed by atoms with Gasteiger partial charge in [-0.2, -0.15) is 0 Å². The third-order valence-corrected chi connectivity index (χ3v) is 5.85. The number of nitrogens with one attached hydrogen (secondary N) is 2. The van der Waals surface area contributed by atoms with Crippen molar-refractivity contribution in [3.63, 3.8) is 0 Å². The number of hydrogen-bond acceptors (Lipinski definition) is 7. The number of rotatable bonds is 10. The highest BCUT2D eigenvalue weighted by molar-refractivity contribution is 7.09. The summed E-state index contributed by atoms with van der Waals surface area (Å²) in [6, 6.07) is 13.9. The lowest BCUT2D eigenvalue weighted by Gasteiger charge is -2.11. The Balaban J connectivity index is 1.42. The molecule has 3 aromatic rings. The summed E-state index contributed by atoms with van der Waals surface area (Å²) in [5.41, 5.74) is 3.10. The first-order valence-electron chi connectivity index (χ1n) is 10.9. The number of aromatic nitrogens is 1. The minimum atomic E-state index is -0.832. The largest absolute Gasteiger partial charge is 0.497 e. The predicted molar refractivity (Wildman–Crippen MR) is 135 cm³/mol. The zero-order valence-electron chi connectivity index (χ0n) is 19.7. The van der Waals surface area contributed by atoms with E-state index in [4.69, 9.17) is 9.47 Å². The summed E-state index contributed by atoms with van der Waals surface area (Å²) >= 11 is 1.32. The number of carbonyl (C=O) groups excluding carboxylic acids is 3. The predicted octanol–water partition coefficient (Wildman–Crippen LogP) is 3.90. The monoisotopic (exact) mass is 493 g/mol. The van der Waals surface area contributed by atoms with Crippen molar-refractivity contribution in [2.24, 2.45) is 0 Å². The van der Waals surface area contributed by atoms with Crippen LogP contribution >= 0.6 is 11.3 Å². The van der Waals surface area contributed by atoms with Gasteiger partial charge in [0, 0.05) is 17.1 Å². The van der Waals surface area contributed by atoms with E-state index in [2.05, 4.69) is 15.6 Å². The van der Waals surface area contributed by atoms with E-state index in [0.717, 1.165) is 22.6 Å². The zero-order chi connectivity index (χ0) is 25.2. The van der Waals surface area contributed by atoms with E-state index in [1.54, 1.807) is 37.6 Å². The molecule has 0 fully saturated rings. The third-order valence-electron chi connectivity index (χ3n) is 4.95. The highest BCUT2D eigenvalue weighted by Crippen LogP contribution is 2.16. The topological polar surface area (TPSA) is 107 Å². The number of methoxy groups -OCH3 is 1. The Morgan fingerprint density at radius 1 is 1.11 bits per heavy atom. The summed E-state index contributed by atoms with van der Waals surface area (Å²) in [4.78, 5) is 41.0. The number of esters is 1. The van der Waals surface area contributed by atoms with E-state index >= 15 is 0 Å². The Labute approximate surface area is 208 Å². The van der Waals surface area contributed by atoms with E-state index in [1.807, 2.05) is 43.3 Å². The molecule has 0 spiro atoms. The number of benzene rings is 2. The zero-order valence-corrected chi connectivity index (χ0v) is 20.6. The Morgan fingerprint density at radius 3 is 2.57 bits per heavy atom. The number of anilines is 1. The molecule has 0 bridgehead atoms. The van der Waals surface area contributed by atoms with Crippen LogP contribution in [-0.4, -0.2) is 35.9 Å². The Hall–Kier alpha value is -3.98. The van der Waals surface area contributed by atoms with Gasteiger partial charge < -0.3 is 20.1 Å². The van der Waals surface area contributed by atoms with Gasteiger partial charge in [-0.1, -0.05) is 30.3 Å². The lowest BCUT2D eigenvalue weighted by molar-refractivity contribution is -0.148. The summed E-state index contributed by atoms with van der Waals surface area (Å²) < 4.78 is 10.4. The van der Waals surface area contributed by atoms with Crippen LogP contribution in [0.1, 0.15) is 28.8 Å². The van der Waals surface area contributed by atoms with Gasteiger partial charge >= 0.3 is 5.97 Å². The molecular weight excluding hydrogens is 466 g/mol. The Bertz CT molecular complexity index is 1200. The van der Waals surface area contributed by atoms with Gasteiger partial charge in [0.05, 0.1) is 19.2 Å². The molecule has 0 radical (unpaired) electrons. The molecule has 0 aliphatic carbocycles. The average molecular weight is 494 g/mol. The second-order valence-electron chi connectivity index (χ2n) is 7.72. The highest BCUT2D eigenvalue weighted by Gasteiger charge is 2.17. The molecule has 1 unspecified atom stereocenters. The van der Waals surface area contributed by atoms with E-state index in [9.17, 15) is 14.4 Å². The highest BCUT2D eigenvalue weighted by atomic mass is 32.1. The van der Waals surface area contributed by atoms with Crippen molar-refractivity contribution in [3.05, 3.63) is 81.8 Å². The Morgan fingerprint density at radius 2 is 1.86 bits per heavy atom. The molecule has 0 saturated carbocycles. The van der Waals surface area contributed by atoms with Gasteiger partial charge in [0.25, 0.3) is 0 Å². The lowest BCUT2D eigenvalue weighted by atomic mass is 10.2. The van der Waals surface area contributed by atoms with E-state index in [-0.39, 0.29) is 18.9 Å². The van der Waals surface area contributed by atoms with Crippen LogP contribution < -0.4 is 15.4 Å². The molecule has 182 valence electrons. The second-order valence-corrected chi connectivity index (χ2v) is 8.66. The molecule has 3 rings (SSSR count). The van der Waals surface area contributed by atoms with Crippen molar-refractivity contribution >= 4 is 40.9 Å². The summed E-state index contributed by atoms with van der Waals surface area (Å²) in [6.07, 6.45) is 3.11. The molecule has 1 atom stereocenters. The number of thiazole rings is 1. The number of carbonyl (C=O) groups is 3. The van der Waals surface area contributed by atoms with Crippen LogP contribution in [0.3, 0.4) is 0 Å². The summed E-state index contributed by atoms with van der Waals surface area (Å²) in [7, 11) is 1.58. The molecule has 2 amide bonds. The van der Waals surface area contributed by atoms with Gasteiger partial charge in [-0.05, 0) is 49.2 Å². The fraction of sp³-hybridized carbons (Fsp3) is 0.231. The van der Waals surface area contributed by atoms with Crippen LogP contribution in [0.4, 0.5) is 5.69 Å².